The standard InChI is InChI=1S/C5H12N3O/c6-1-2-7-3-4-8-5-9/h4-5,7H,1-3,6H2,(H,8,9). The van der Waals surface area contributed by atoms with Crippen LogP contribution < -0.4 is 16.4 Å². The maximum atomic E-state index is 9.64. The predicted octanol–water partition coefficient (Wildman–Crippen LogP) is -1.56. The van der Waals surface area contributed by atoms with Crippen molar-refractivity contribution >= 4 is 6.41 Å². The van der Waals surface area contributed by atoms with Crippen molar-refractivity contribution in [2.75, 3.05) is 19.6 Å². The molecule has 0 spiro atoms. The van der Waals surface area contributed by atoms with Gasteiger partial charge < -0.3 is 16.4 Å². The number of rotatable bonds is 6. The summed E-state index contributed by atoms with van der Waals surface area (Å²) in [5.74, 6) is 0. The van der Waals surface area contributed by atoms with Gasteiger partial charge in [0.1, 0.15) is 0 Å². The minimum Gasteiger partial charge on any atom is -0.353 e. The highest BCUT2D eigenvalue weighted by Crippen LogP contribution is 1.60. The van der Waals surface area contributed by atoms with Gasteiger partial charge in [-0.1, -0.05) is 0 Å². The summed E-state index contributed by atoms with van der Waals surface area (Å²) in [6.45, 7) is 3.69. The highest BCUT2D eigenvalue weighted by atomic mass is 16.1. The second-order valence-corrected chi connectivity index (χ2v) is 1.48. The molecule has 1 amide bonds. The first kappa shape index (κ1) is 8.39. The lowest BCUT2D eigenvalue weighted by atomic mass is 10.5. The molecule has 4 nitrogen and oxygen atoms in total. The molecule has 1 radical (unpaired) electrons. The van der Waals surface area contributed by atoms with Crippen LogP contribution >= 0.6 is 0 Å². The second kappa shape index (κ2) is 7.39. The normalized spacial score (nSPS) is 9.00. The number of amides is 1. The molecule has 53 valence electrons. The average molecular weight is 130 g/mol. The van der Waals surface area contributed by atoms with Gasteiger partial charge in [0.15, 0.2) is 0 Å². The molecule has 0 aromatic heterocycles. The molecule has 4 N–H and O–H groups in total. The highest BCUT2D eigenvalue weighted by molar-refractivity contribution is 5.46. The van der Waals surface area contributed by atoms with Crippen LogP contribution in [-0.4, -0.2) is 26.0 Å². The molecule has 0 aliphatic rings. The molecule has 0 aromatic rings. The minimum atomic E-state index is 0.620. The molecule has 0 aliphatic carbocycles. The lowest BCUT2D eigenvalue weighted by molar-refractivity contribution is -0.109. The van der Waals surface area contributed by atoms with Crippen molar-refractivity contribution < 1.29 is 4.79 Å². The Balaban J connectivity index is 2.66. The van der Waals surface area contributed by atoms with Crippen LogP contribution in [0, 0.1) is 6.54 Å². The number of carbonyl (C=O) groups is 1. The van der Waals surface area contributed by atoms with Gasteiger partial charge in [0, 0.05) is 19.6 Å². The van der Waals surface area contributed by atoms with E-state index in [-0.39, 0.29) is 0 Å². The summed E-state index contributed by atoms with van der Waals surface area (Å²) >= 11 is 0. The number of nitrogens with two attached hydrogens (primary N) is 1. The lowest BCUT2D eigenvalue weighted by Gasteiger charge is -1.98. The van der Waals surface area contributed by atoms with E-state index in [0.717, 1.165) is 6.54 Å². The Bertz CT molecular complexity index is 67.2. The van der Waals surface area contributed by atoms with Gasteiger partial charge in [-0.15, -0.1) is 0 Å². The number of carbonyl (C=O) groups excluding carboxylic acids is 1. The fourth-order valence-corrected chi connectivity index (χ4v) is 0.383. The van der Waals surface area contributed by atoms with Crippen molar-refractivity contribution in [1.29, 1.82) is 0 Å². The van der Waals surface area contributed by atoms with Crippen LogP contribution in [0.4, 0.5) is 0 Å². The highest BCUT2D eigenvalue weighted by Gasteiger charge is 1.82. The summed E-state index contributed by atoms with van der Waals surface area (Å²) in [5.41, 5.74) is 5.18. The quantitative estimate of drug-likeness (QED) is 0.301. The van der Waals surface area contributed by atoms with Crippen molar-refractivity contribution in [3.8, 4) is 0 Å². The predicted molar refractivity (Wildman–Crippen MR) is 35.4 cm³/mol. The van der Waals surface area contributed by atoms with Crippen LogP contribution in [0.15, 0.2) is 0 Å². The number of hydrogen-bond acceptors (Lipinski definition) is 3. The van der Waals surface area contributed by atoms with Gasteiger partial charge in [0.05, 0.1) is 6.54 Å². The largest absolute Gasteiger partial charge is 0.353 e. The van der Waals surface area contributed by atoms with Gasteiger partial charge in [0.25, 0.3) is 0 Å². The summed E-state index contributed by atoms with van der Waals surface area (Å²) in [4.78, 5) is 9.64. The molecule has 0 aliphatic heterocycles. The monoisotopic (exact) mass is 130 g/mol. The van der Waals surface area contributed by atoms with E-state index in [2.05, 4.69) is 10.6 Å². The van der Waals surface area contributed by atoms with E-state index in [1.54, 1.807) is 6.54 Å². The van der Waals surface area contributed by atoms with E-state index in [9.17, 15) is 4.79 Å². The molecular weight excluding hydrogens is 118 g/mol. The summed E-state index contributed by atoms with van der Waals surface area (Å²) in [6, 6.07) is 0. The van der Waals surface area contributed by atoms with Crippen LogP contribution in [0.5, 0.6) is 0 Å². The Kier molecular flexibility index (Phi) is 6.89. The van der Waals surface area contributed by atoms with Gasteiger partial charge in [-0.3, -0.25) is 4.79 Å². The van der Waals surface area contributed by atoms with E-state index in [0.29, 0.717) is 19.5 Å². The molecule has 4 heteroatoms. The zero-order valence-electron chi connectivity index (χ0n) is 5.26. The SMILES string of the molecule is NCCNC[CH]NC=O. The Morgan fingerprint density at radius 3 is 2.89 bits per heavy atom. The maximum Gasteiger partial charge on any atom is 0.207 e. The maximum absolute atomic E-state index is 9.64. The van der Waals surface area contributed by atoms with E-state index >= 15 is 0 Å². The zero-order valence-corrected chi connectivity index (χ0v) is 5.26. The fourth-order valence-electron chi connectivity index (χ4n) is 0.383. The van der Waals surface area contributed by atoms with Crippen LogP contribution in [-0.2, 0) is 4.79 Å². The Labute approximate surface area is 54.8 Å². The Morgan fingerprint density at radius 2 is 2.33 bits per heavy atom. The van der Waals surface area contributed by atoms with Crippen molar-refractivity contribution in [3.05, 3.63) is 6.54 Å². The molecule has 0 aromatic carbocycles. The topological polar surface area (TPSA) is 67.2 Å². The van der Waals surface area contributed by atoms with Crippen LogP contribution in [0.1, 0.15) is 0 Å². The van der Waals surface area contributed by atoms with Crippen LogP contribution in [0.25, 0.3) is 0 Å². The molecule has 0 atom stereocenters. The lowest BCUT2D eigenvalue weighted by Crippen LogP contribution is -2.26. The Morgan fingerprint density at radius 1 is 1.56 bits per heavy atom. The summed E-state index contributed by atoms with van der Waals surface area (Å²) in [6.07, 6.45) is 0.629. The van der Waals surface area contributed by atoms with E-state index in [1.165, 1.54) is 0 Å². The van der Waals surface area contributed by atoms with Crippen LogP contribution in [0.3, 0.4) is 0 Å². The van der Waals surface area contributed by atoms with E-state index in [4.69, 9.17) is 5.73 Å². The summed E-state index contributed by atoms with van der Waals surface area (Å²) in [5, 5.41) is 5.37. The van der Waals surface area contributed by atoms with Crippen LogP contribution in [0.2, 0.25) is 0 Å². The van der Waals surface area contributed by atoms with Gasteiger partial charge in [-0.25, -0.2) is 0 Å². The second-order valence-electron chi connectivity index (χ2n) is 1.48. The third-order valence-electron chi connectivity index (χ3n) is 0.753. The molecule has 9 heavy (non-hydrogen) atoms. The molecule has 0 saturated heterocycles. The van der Waals surface area contributed by atoms with Crippen molar-refractivity contribution in [2.24, 2.45) is 5.73 Å². The van der Waals surface area contributed by atoms with Crippen molar-refractivity contribution in [2.45, 2.75) is 0 Å². The number of nitrogens with one attached hydrogen (secondary N) is 2. The first-order valence-corrected chi connectivity index (χ1v) is 2.84. The fraction of sp³-hybridized carbons (Fsp3) is 0.600. The molecule has 0 heterocycles. The first-order chi connectivity index (χ1) is 4.41. The minimum absolute atomic E-state index is 0.620. The van der Waals surface area contributed by atoms with Gasteiger partial charge in [0.2, 0.25) is 6.41 Å². The van der Waals surface area contributed by atoms with Gasteiger partial charge >= 0.3 is 0 Å². The third kappa shape index (κ3) is 7.39. The summed E-state index contributed by atoms with van der Waals surface area (Å²) < 4.78 is 0. The average Bonchev–Trinajstić information content (AvgIpc) is 1.89. The number of hydrogen-bond donors (Lipinski definition) is 3. The first-order valence-electron chi connectivity index (χ1n) is 2.84. The molecular formula is C5H12N3O. The van der Waals surface area contributed by atoms with Crippen molar-refractivity contribution in [3.63, 3.8) is 0 Å². The summed E-state index contributed by atoms with van der Waals surface area (Å²) in [7, 11) is 0. The van der Waals surface area contributed by atoms with Gasteiger partial charge in [-0.05, 0) is 0 Å². The van der Waals surface area contributed by atoms with Crippen molar-refractivity contribution in [1.82, 2.24) is 10.6 Å². The molecule has 0 fully saturated rings. The zero-order chi connectivity index (χ0) is 6.95. The Hall–Kier alpha value is -0.610. The molecule has 0 rings (SSSR count). The van der Waals surface area contributed by atoms with Gasteiger partial charge in [-0.2, -0.15) is 0 Å². The molecule has 0 bridgehead atoms. The smallest absolute Gasteiger partial charge is 0.207 e. The third-order valence-corrected chi connectivity index (χ3v) is 0.753. The molecule has 0 unspecified atom stereocenters. The van der Waals surface area contributed by atoms with E-state index < -0.39 is 0 Å². The molecule has 0 saturated carbocycles. The van der Waals surface area contributed by atoms with E-state index in [1.807, 2.05) is 0 Å².